The molecule has 0 aromatic rings. The molecule has 0 saturated heterocycles. The molecule has 0 N–H and O–H groups in total. The van der Waals surface area contributed by atoms with Gasteiger partial charge in [-0.2, -0.15) is 0 Å². The van der Waals surface area contributed by atoms with Gasteiger partial charge in [0.15, 0.2) is 0 Å². The Bertz CT molecular complexity index is 9.61. The molecule has 0 heterocycles. The van der Waals surface area contributed by atoms with E-state index in [2.05, 4.69) is 0 Å². The van der Waals surface area contributed by atoms with Crippen LogP contribution >= 0.6 is 33.1 Å². The van der Waals surface area contributed by atoms with Crippen molar-refractivity contribution < 1.29 is 0 Å². The Labute approximate surface area is 45.5 Å². The smallest absolute Gasteiger partial charge is 0.0359 e. The SMILES string of the molecule is ClCCCl.[P]. The molecule has 0 aliphatic rings. The lowest BCUT2D eigenvalue weighted by Crippen LogP contribution is -1.63. The fourth-order valence-corrected chi connectivity index (χ4v) is 0. The van der Waals surface area contributed by atoms with E-state index < -0.39 is 0 Å². The maximum absolute atomic E-state index is 5.05. The van der Waals surface area contributed by atoms with Gasteiger partial charge in [0.05, 0.1) is 0 Å². The van der Waals surface area contributed by atoms with E-state index in [9.17, 15) is 0 Å². The van der Waals surface area contributed by atoms with Crippen LogP contribution in [0.25, 0.3) is 0 Å². The quantitative estimate of drug-likeness (QED) is 0.377. The average Bonchev–Trinajstić information content (AvgIpc) is 1.37. The Morgan fingerprint density at radius 1 is 1.00 bits per heavy atom. The van der Waals surface area contributed by atoms with E-state index in [-0.39, 0.29) is 9.90 Å². The van der Waals surface area contributed by atoms with Gasteiger partial charge in [-0.05, 0) is 0 Å². The van der Waals surface area contributed by atoms with E-state index in [4.69, 9.17) is 23.2 Å². The minimum absolute atomic E-state index is 0. The van der Waals surface area contributed by atoms with Crippen molar-refractivity contribution in [2.75, 3.05) is 11.8 Å². The summed E-state index contributed by atoms with van der Waals surface area (Å²) in [6.45, 7) is 0. The summed E-state index contributed by atoms with van der Waals surface area (Å²) in [4.78, 5) is 0. The maximum Gasteiger partial charge on any atom is 0.0359 e. The van der Waals surface area contributed by atoms with Crippen LogP contribution in [0.1, 0.15) is 0 Å². The third-order valence-electron chi connectivity index (χ3n) is 0.0714. The highest BCUT2D eigenvalue weighted by Gasteiger charge is 1.61. The highest BCUT2D eigenvalue weighted by atomic mass is 35.5. The molecule has 0 bridgehead atoms. The largest absolute Gasteiger partial charge is 0.125 e. The molecule has 0 aliphatic carbocycles. The lowest BCUT2D eigenvalue weighted by atomic mass is 11.0. The van der Waals surface area contributed by atoms with E-state index in [1.807, 2.05) is 0 Å². The van der Waals surface area contributed by atoms with Crippen LogP contribution in [-0.2, 0) is 0 Å². The molecule has 0 nitrogen and oxygen atoms in total. The normalized spacial score (nSPS) is 6.00. The average molecular weight is 130 g/mol. The van der Waals surface area contributed by atoms with Gasteiger partial charge in [-0.25, -0.2) is 0 Å². The van der Waals surface area contributed by atoms with Crippen LogP contribution in [0.5, 0.6) is 0 Å². The summed E-state index contributed by atoms with van der Waals surface area (Å²) in [5.41, 5.74) is 0. The van der Waals surface area contributed by atoms with Crippen LogP contribution < -0.4 is 0 Å². The molecule has 0 rings (SSSR count). The molecule has 0 aromatic heterocycles. The third kappa shape index (κ3) is 11.2. The second-order valence-electron chi connectivity index (χ2n) is 0.378. The van der Waals surface area contributed by atoms with Gasteiger partial charge < -0.3 is 0 Å². The van der Waals surface area contributed by atoms with Crippen LogP contribution in [0.15, 0.2) is 0 Å². The van der Waals surface area contributed by atoms with Crippen molar-refractivity contribution >= 4 is 33.1 Å². The Morgan fingerprint density at radius 3 is 1.20 bits per heavy atom. The lowest BCUT2D eigenvalue weighted by molar-refractivity contribution is 1.52. The second kappa shape index (κ2) is 8.89. The molecule has 3 radical (unpaired) electrons. The van der Waals surface area contributed by atoms with Gasteiger partial charge >= 0.3 is 0 Å². The first-order valence-electron chi connectivity index (χ1n) is 1.03. The zero-order chi connectivity index (χ0) is 3.41. The molecule has 0 fully saturated rings. The van der Waals surface area contributed by atoms with Gasteiger partial charge in [0, 0.05) is 21.7 Å². The van der Waals surface area contributed by atoms with Crippen molar-refractivity contribution in [1.29, 1.82) is 0 Å². The van der Waals surface area contributed by atoms with Crippen molar-refractivity contribution in [3.8, 4) is 0 Å². The predicted molar refractivity (Wildman–Crippen MR) is 28.4 cm³/mol. The summed E-state index contributed by atoms with van der Waals surface area (Å²) in [5, 5.41) is 0. The Balaban J connectivity index is 0. The number of hydrogen-bond acceptors (Lipinski definition) is 0. The summed E-state index contributed by atoms with van der Waals surface area (Å²) in [6.07, 6.45) is 0. The highest BCUT2D eigenvalue weighted by Crippen LogP contribution is 1.75. The van der Waals surface area contributed by atoms with Gasteiger partial charge in [0.2, 0.25) is 0 Å². The van der Waals surface area contributed by atoms with Crippen LogP contribution in [-0.4, -0.2) is 11.8 Å². The third-order valence-corrected chi connectivity index (χ3v) is 0.643. The first-order chi connectivity index (χ1) is 1.91. The molecule has 0 amide bonds. The predicted octanol–water partition coefficient (Wildman–Crippen LogP) is 2.33. The fourth-order valence-electron chi connectivity index (χ4n) is 0. The Morgan fingerprint density at radius 2 is 1.20 bits per heavy atom. The van der Waals surface area contributed by atoms with Crippen LogP contribution in [0.4, 0.5) is 0 Å². The minimum atomic E-state index is 0. The zero-order valence-electron chi connectivity index (χ0n) is 2.62. The summed E-state index contributed by atoms with van der Waals surface area (Å²) >= 11 is 10.1. The monoisotopic (exact) mass is 129 g/mol. The molecule has 0 saturated carbocycles. The molecule has 0 unspecified atom stereocenters. The summed E-state index contributed by atoms with van der Waals surface area (Å²) in [5.74, 6) is 1.11. The molecule has 5 heavy (non-hydrogen) atoms. The number of hydrogen-bond donors (Lipinski definition) is 0. The molecule has 31 valence electrons. The number of halogens is 2. The van der Waals surface area contributed by atoms with Gasteiger partial charge in [0.25, 0.3) is 0 Å². The van der Waals surface area contributed by atoms with Crippen LogP contribution in [0.2, 0.25) is 0 Å². The molecular weight excluding hydrogens is 126 g/mol. The van der Waals surface area contributed by atoms with Gasteiger partial charge in [-0.1, -0.05) is 0 Å². The fraction of sp³-hybridized carbons (Fsp3) is 1.00. The number of alkyl halides is 2. The number of rotatable bonds is 1. The van der Waals surface area contributed by atoms with Crippen molar-refractivity contribution in [1.82, 2.24) is 0 Å². The standard InChI is InChI=1S/C2H4Cl2.P/c3-1-2-4;/h1-2H2;. The second-order valence-corrected chi connectivity index (χ2v) is 1.13. The van der Waals surface area contributed by atoms with Crippen molar-refractivity contribution in [3.63, 3.8) is 0 Å². The summed E-state index contributed by atoms with van der Waals surface area (Å²) in [7, 11) is 0. The van der Waals surface area contributed by atoms with Gasteiger partial charge in [-0.3, -0.25) is 0 Å². The Kier molecular flexibility index (Phi) is 16.7. The molecule has 0 aromatic carbocycles. The van der Waals surface area contributed by atoms with E-state index in [0.29, 0.717) is 11.8 Å². The molecule has 0 atom stereocenters. The Hall–Kier alpha value is 1.01. The first-order valence-corrected chi connectivity index (χ1v) is 2.10. The summed E-state index contributed by atoms with van der Waals surface area (Å²) in [6, 6.07) is 0. The van der Waals surface area contributed by atoms with E-state index in [1.54, 1.807) is 0 Å². The molecular formula is C2H4Cl2P. The van der Waals surface area contributed by atoms with Crippen LogP contribution in [0, 0.1) is 0 Å². The minimum Gasteiger partial charge on any atom is -0.125 e. The van der Waals surface area contributed by atoms with E-state index >= 15 is 0 Å². The summed E-state index contributed by atoms with van der Waals surface area (Å²) < 4.78 is 0. The molecule has 3 heteroatoms. The van der Waals surface area contributed by atoms with E-state index in [0.717, 1.165) is 0 Å². The first kappa shape index (κ1) is 9.38. The molecule has 0 spiro atoms. The van der Waals surface area contributed by atoms with Gasteiger partial charge in [-0.15, -0.1) is 23.2 Å². The van der Waals surface area contributed by atoms with E-state index in [1.165, 1.54) is 0 Å². The maximum atomic E-state index is 5.05. The topological polar surface area (TPSA) is 0 Å². The van der Waals surface area contributed by atoms with Crippen molar-refractivity contribution in [2.24, 2.45) is 0 Å². The van der Waals surface area contributed by atoms with Crippen LogP contribution in [0.3, 0.4) is 0 Å². The zero-order valence-corrected chi connectivity index (χ0v) is 5.02. The van der Waals surface area contributed by atoms with Gasteiger partial charge in [0.1, 0.15) is 0 Å². The molecule has 0 aliphatic heterocycles. The lowest BCUT2D eigenvalue weighted by Gasteiger charge is -1.63. The van der Waals surface area contributed by atoms with Crippen molar-refractivity contribution in [3.05, 3.63) is 0 Å². The van der Waals surface area contributed by atoms with Crippen molar-refractivity contribution in [2.45, 2.75) is 0 Å². The highest BCUT2D eigenvalue weighted by molar-refractivity contribution is 6.92.